The Kier molecular flexibility index (Phi) is 6.79. The number of ether oxygens (including phenoxy) is 1. The molecule has 1 N–H and O–H groups in total. The van der Waals surface area contributed by atoms with Gasteiger partial charge in [0.2, 0.25) is 15.9 Å². The van der Waals surface area contributed by atoms with Gasteiger partial charge in [0.05, 0.1) is 18.0 Å². The average molecular weight is 417 g/mol. The second-order valence-electron chi connectivity index (χ2n) is 7.39. The van der Waals surface area contributed by atoms with E-state index in [1.54, 1.807) is 24.3 Å². The van der Waals surface area contributed by atoms with Crippen molar-refractivity contribution in [1.82, 2.24) is 0 Å². The van der Waals surface area contributed by atoms with Gasteiger partial charge < -0.3 is 10.1 Å². The van der Waals surface area contributed by atoms with E-state index in [0.29, 0.717) is 11.4 Å². The predicted octanol–water partition coefficient (Wildman–Crippen LogP) is 3.98. The molecule has 0 aliphatic heterocycles. The van der Waals surface area contributed by atoms with Gasteiger partial charge in [-0.25, -0.2) is 8.42 Å². The third kappa shape index (κ3) is 5.97. The van der Waals surface area contributed by atoms with Crippen LogP contribution >= 0.6 is 0 Å². The summed E-state index contributed by atoms with van der Waals surface area (Å²) in [7, 11) is -3.59. The molecule has 156 valence electrons. The first-order valence-corrected chi connectivity index (χ1v) is 11.8. The van der Waals surface area contributed by atoms with Crippen LogP contribution in [0.2, 0.25) is 0 Å². The second-order valence-corrected chi connectivity index (χ2v) is 9.29. The zero-order chi connectivity index (χ0) is 20.9. The SMILES string of the molecule is CCc1ccc(N(CC(=O)Nc2ccc(OC3CCCC3)cc2)S(C)(=O)=O)cc1. The fraction of sp³-hybridized carbons (Fsp3) is 0.409. The molecule has 1 aliphatic carbocycles. The number of rotatable bonds is 8. The molecule has 0 heterocycles. The highest BCUT2D eigenvalue weighted by atomic mass is 32.2. The van der Waals surface area contributed by atoms with Crippen LogP contribution < -0.4 is 14.4 Å². The van der Waals surface area contributed by atoms with Crippen molar-refractivity contribution in [2.75, 3.05) is 22.4 Å². The molecule has 6 nitrogen and oxygen atoms in total. The number of carbonyl (C=O) groups is 1. The minimum Gasteiger partial charge on any atom is -0.490 e. The molecule has 0 aromatic heterocycles. The quantitative estimate of drug-likeness (QED) is 0.706. The largest absolute Gasteiger partial charge is 0.490 e. The van der Waals surface area contributed by atoms with Gasteiger partial charge in [-0.15, -0.1) is 0 Å². The Bertz CT molecular complexity index is 918. The number of amides is 1. The van der Waals surface area contributed by atoms with Gasteiger partial charge in [-0.3, -0.25) is 9.10 Å². The molecular formula is C22H28N2O4S. The van der Waals surface area contributed by atoms with Crippen molar-refractivity contribution >= 4 is 27.3 Å². The van der Waals surface area contributed by atoms with E-state index in [1.165, 1.54) is 12.8 Å². The van der Waals surface area contributed by atoms with Crippen LogP contribution in [0.4, 0.5) is 11.4 Å². The first-order valence-electron chi connectivity index (χ1n) is 9.98. The molecule has 2 aromatic rings. The smallest absolute Gasteiger partial charge is 0.245 e. The number of nitrogens with zero attached hydrogens (tertiary/aromatic N) is 1. The van der Waals surface area contributed by atoms with Gasteiger partial charge >= 0.3 is 0 Å². The van der Waals surface area contributed by atoms with E-state index in [2.05, 4.69) is 5.32 Å². The molecule has 7 heteroatoms. The summed E-state index contributed by atoms with van der Waals surface area (Å²) in [6.07, 6.45) is 6.81. The highest BCUT2D eigenvalue weighted by Crippen LogP contribution is 2.25. The molecule has 0 saturated heterocycles. The maximum absolute atomic E-state index is 12.5. The van der Waals surface area contributed by atoms with Crippen LogP contribution in [-0.2, 0) is 21.2 Å². The van der Waals surface area contributed by atoms with Gasteiger partial charge in [0.15, 0.2) is 0 Å². The molecule has 0 bridgehead atoms. The molecule has 2 aromatic carbocycles. The summed E-state index contributed by atoms with van der Waals surface area (Å²) in [5.74, 6) is 0.378. The lowest BCUT2D eigenvalue weighted by atomic mass is 10.1. The van der Waals surface area contributed by atoms with E-state index in [-0.39, 0.29) is 12.6 Å². The fourth-order valence-electron chi connectivity index (χ4n) is 3.44. The second kappa shape index (κ2) is 9.31. The number of aryl methyl sites for hydroxylation is 1. The molecule has 1 aliphatic rings. The highest BCUT2D eigenvalue weighted by Gasteiger charge is 2.21. The van der Waals surface area contributed by atoms with Crippen molar-refractivity contribution in [2.24, 2.45) is 0 Å². The fourth-order valence-corrected chi connectivity index (χ4v) is 4.30. The van der Waals surface area contributed by atoms with Crippen LogP contribution in [0.3, 0.4) is 0 Å². The first-order chi connectivity index (χ1) is 13.8. The van der Waals surface area contributed by atoms with Gasteiger partial charge in [0, 0.05) is 5.69 Å². The minimum absolute atomic E-state index is 0.276. The summed E-state index contributed by atoms with van der Waals surface area (Å²) in [6, 6.07) is 14.4. The molecule has 0 radical (unpaired) electrons. The van der Waals surface area contributed by atoms with Crippen molar-refractivity contribution in [3.63, 3.8) is 0 Å². The lowest BCUT2D eigenvalue weighted by Gasteiger charge is -2.22. The summed E-state index contributed by atoms with van der Waals surface area (Å²) >= 11 is 0. The van der Waals surface area contributed by atoms with Gasteiger partial charge in [-0.2, -0.15) is 0 Å². The minimum atomic E-state index is -3.59. The molecule has 0 atom stereocenters. The highest BCUT2D eigenvalue weighted by molar-refractivity contribution is 7.92. The van der Waals surface area contributed by atoms with Gasteiger partial charge in [-0.05, 0) is 74.1 Å². The van der Waals surface area contributed by atoms with Gasteiger partial charge in [-0.1, -0.05) is 19.1 Å². The van der Waals surface area contributed by atoms with Crippen molar-refractivity contribution in [3.8, 4) is 5.75 Å². The van der Waals surface area contributed by atoms with Gasteiger partial charge in [0.25, 0.3) is 0 Å². The van der Waals surface area contributed by atoms with E-state index in [1.807, 2.05) is 31.2 Å². The molecule has 3 rings (SSSR count). The number of hydrogen-bond donors (Lipinski definition) is 1. The van der Waals surface area contributed by atoms with E-state index in [4.69, 9.17) is 4.74 Å². The molecule has 1 amide bonds. The number of benzene rings is 2. The molecule has 0 spiro atoms. The lowest BCUT2D eigenvalue weighted by molar-refractivity contribution is -0.114. The van der Waals surface area contributed by atoms with Crippen LogP contribution in [-0.4, -0.2) is 33.2 Å². The van der Waals surface area contributed by atoms with Gasteiger partial charge in [0.1, 0.15) is 12.3 Å². The monoisotopic (exact) mass is 416 g/mol. The third-order valence-electron chi connectivity index (χ3n) is 5.06. The van der Waals surface area contributed by atoms with Crippen LogP contribution in [0.15, 0.2) is 48.5 Å². The zero-order valence-corrected chi connectivity index (χ0v) is 17.7. The molecule has 0 unspecified atom stereocenters. The summed E-state index contributed by atoms with van der Waals surface area (Å²) in [5.41, 5.74) is 2.18. The topological polar surface area (TPSA) is 75.7 Å². The lowest BCUT2D eigenvalue weighted by Crippen LogP contribution is -2.37. The Balaban J connectivity index is 1.63. The van der Waals surface area contributed by atoms with Crippen LogP contribution in [0.1, 0.15) is 38.2 Å². The maximum Gasteiger partial charge on any atom is 0.245 e. The Morgan fingerprint density at radius 3 is 2.24 bits per heavy atom. The van der Waals surface area contributed by atoms with Crippen LogP contribution in [0, 0.1) is 0 Å². The van der Waals surface area contributed by atoms with Crippen molar-refractivity contribution in [1.29, 1.82) is 0 Å². The normalized spacial score (nSPS) is 14.6. The standard InChI is InChI=1S/C22H28N2O4S/c1-3-17-8-12-19(13-9-17)24(29(2,26)27)16-22(25)23-18-10-14-21(15-11-18)28-20-6-4-5-7-20/h8-15,20H,3-7,16H2,1-2H3,(H,23,25). The first kappa shape index (κ1) is 21.2. The predicted molar refractivity (Wildman–Crippen MR) is 116 cm³/mol. The Morgan fingerprint density at radius 2 is 1.69 bits per heavy atom. The molecule has 1 saturated carbocycles. The Labute approximate surface area is 172 Å². The summed E-state index contributed by atoms with van der Waals surface area (Å²) in [4.78, 5) is 12.5. The summed E-state index contributed by atoms with van der Waals surface area (Å²) in [6.45, 7) is 1.74. The van der Waals surface area contributed by atoms with E-state index < -0.39 is 15.9 Å². The van der Waals surface area contributed by atoms with Crippen LogP contribution in [0.25, 0.3) is 0 Å². The van der Waals surface area contributed by atoms with Crippen molar-refractivity contribution in [3.05, 3.63) is 54.1 Å². The number of carbonyl (C=O) groups excluding carboxylic acids is 1. The maximum atomic E-state index is 12.5. The molecule has 1 fully saturated rings. The average Bonchev–Trinajstić information content (AvgIpc) is 3.20. The Hall–Kier alpha value is -2.54. The molecular weight excluding hydrogens is 388 g/mol. The van der Waals surface area contributed by atoms with Crippen molar-refractivity contribution < 1.29 is 17.9 Å². The summed E-state index contributed by atoms with van der Waals surface area (Å²) < 4.78 is 31.5. The summed E-state index contributed by atoms with van der Waals surface area (Å²) in [5, 5.41) is 2.76. The zero-order valence-electron chi connectivity index (χ0n) is 16.9. The number of anilines is 2. The number of nitrogens with one attached hydrogen (secondary N) is 1. The van der Waals surface area contributed by atoms with E-state index in [0.717, 1.165) is 41.1 Å². The van der Waals surface area contributed by atoms with Crippen LogP contribution in [0.5, 0.6) is 5.75 Å². The van der Waals surface area contributed by atoms with Crippen molar-refractivity contribution in [2.45, 2.75) is 45.1 Å². The third-order valence-corrected chi connectivity index (χ3v) is 6.20. The van der Waals surface area contributed by atoms with E-state index >= 15 is 0 Å². The number of hydrogen-bond acceptors (Lipinski definition) is 4. The molecule has 29 heavy (non-hydrogen) atoms. The Morgan fingerprint density at radius 1 is 1.07 bits per heavy atom. The van der Waals surface area contributed by atoms with E-state index in [9.17, 15) is 13.2 Å². The number of sulfonamides is 1.